The number of rotatable bonds is 10. The van der Waals surface area contributed by atoms with Crippen LogP contribution < -0.4 is 9.80 Å². The van der Waals surface area contributed by atoms with Crippen LogP contribution in [0.15, 0.2) is 162 Å². The van der Waals surface area contributed by atoms with Gasteiger partial charge in [-0.1, -0.05) is 128 Å². The average Bonchev–Trinajstić information content (AvgIpc) is 3.50. The third-order valence-corrected chi connectivity index (χ3v) is 8.47. The van der Waals surface area contributed by atoms with E-state index in [0.29, 0.717) is 5.17 Å². The first-order chi connectivity index (χ1) is 22.2. The minimum absolute atomic E-state index is 0.605. The molecule has 0 atom stereocenters. The van der Waals surface area contributed by atoms with E-state index < -0.39 is 0 Å². The molecule has 0 aliphatic rings. The Morgan fingerprint density at radius 2 is 1.11 bits per heavy atom. The van der Waals surface area contributed by atoms with Crippen molar-refractivity contribution in [2.75, 3.05) is 9.80 Å². The Kier molecular flexibility index (Phi) is 9.85. The highest BCUT2D eigenvalue weighted by Crippen LogP contribution is 2.42. The molecule has 0 N–H and O–H groups in total. The van der Waals surface area contributed by atoms with Crippen molar-refractivity contribution in [1.82, 2.24) is 4.98 Å². The molecule has 6 heteroatoms. The molecule has 222 valence electrons. The predicted octanol–water partition coefficient (Wildman–Crippen LogP) is 11.5. The largest absolute Gasteiger partial charge is 0.290 e. The molecule has 0 saturated heterocycles. The molecular formula is C39H34N4S2. The highest BCUT2D eigenvalue weighted by molar-refractivity contribution is 7.97. The number of thiazole rings is 1. The number of hydrogen-bond donors (Lipinski definition) is 1. The molecule has 0 spiro atoms. The van der Waals surface area contributed by atoms with Crippen LogP contribution in [0.5, 0.6) is 0 Å². The molecule has 0 radical (unpaired) electrons. The van der Waals surface area contributed by atoms with Gasteiger partial charge in [-0.25, -0.2) is 9.98 Å². The fraction of sp³-hybridized carbons (Fsp3) is 0.0769. The van der Waals surface area contributed by atoms with Gasteiger partial charge in [-0.05, 0) is 61.0 Å². The van der Waals surface area contributed by atoms with Gasteiger partial charge in [0.05, 0.1) is 10.6 Å². The van der Waals surface area contributed by atoms with Gasteiger partial charge in [0.25, 0.3) is 0 Å². The van der Waals surface area contributed by atoms with Crippen molar-refractivity contribution in [2.24, 2.45) is 4.99 Å². The van der Waals surface area contributed by atoms with Crippen LogP contribution in [-0.2, 0) is 0 Å². The lowest BCUT2D eigenvalue weighted by atomic mass is 10.1. The Morgan fingerprint density at radius 3 is 1.58 bits per heavy atom. The number of thiol groups is 1. The number of nitrogens with zero attached hydrogens (tertiary/aromatic N) is 4. The lowest BCUT2D eigenvalue weighted by Crippen LogP contribution is -2.21. The van der Waals surface area contributed by atoms with Crippen LogP contribution in [0.3, 0.4) is 0 Å². The van der Waals surface area contributed by atoms with E-state index in [2.05, 4.69) is 120 Å². The summed E-state index contributed by atoms with van der Waals surface area (Å²) in [5.74, 6) is 0. The zero-order valence-electron chi connectivity index (χ0n) is 25.1. The molecule has 0 unspecified atom stereocenters. The second-order valence-corrected chi connectivity index (χ2v) is 11.8. The highest BCUT2D eigenvalue weighted by atomic mass is 32.1. The van der Waals surface area contributed by atoms with E-state index in [1.54, 1.807) is 11.3 Å². The van der Waals surface area contributed by atoms with E-state index in [9.17, 15) is 0 Å². The second-order valence-electron chi connectivity index (χ2n) is 10.4. The zero-order chi connectivity index (χ0) is 30.8. The smallest absolute Gasteiger partial charge is 0.195 e. The topological polar surface area (TPSA) is 31.7 Å². The Bertz CT molecular complexity index is 1780. The molecule has 4 nitrogen and oxygen atoms in total. The monoisotopic (exact) mass is 622 g/mol. The summed E-state index contributed by atoms with van der Waals surface area (Å²) < 4.78 is 0. The molecule has 0 saturated carbocycles. The van der Waals surface area contributed by atoms with Crippen molar-refractivity contribution < 1.29 is 0 Å². The molecule has 45 heavy (non-hydrogen) atoms. The van der Waals surface area contributed by atoms with Crippen LogP contribution in [-0.4, -0.2) is 10.2 Å². The Hall–Kier alpha value is -4.91. The number of para-hydroxylation sites is 4. The molecule has 0 aliphatic carbocycles. The number of aromatic nitrogens is 1. The number of allylic oxidation sites excluding steroid dienone is 1. The van der Waals surface area contributed by atoms with Crippen LogP contribution in [0.25, 0.3) is 17.3 Å². The Labute approximate surface area is 275 Å². The van der Waals surface area contributed by atoms with Crippen LogP contribution >= 0.6 is 24.0 Å². The maximum absolute atomic E-state index is 5.28. The van der Waals surface area contributed by atoms with E-state index in [1.165, 1.54) is 0 Å². The molecule has 6 rings (SSSR count). The van der Waals surface area contributed by atoms with E-state index in [4.69, 9.17) is 22.6 Å². The van der Waals surface area contributed by atoms with Crippen molar-refractivity contribution in [3.05, 3.63) is 162 Å². The zero-order valence-corrected chi connectivity index (χ0v) is 26.8. The molecular weight excluding hydrogens is 589 g/mol. The maximum atomic E-state index is 5.28. The second kappa shape index (κ2) is 14.7. The minimum Gasteiger partial charge on any atom is -0.290 e. The highest BCUT2D eigenvalue weighted by Gasteiger charge is 2.21. The fourth-order valence-corrected chi connectivity index (χ4v) is 6.57. The minimum atomic E-state index is 0.605. The molecule has 1 aromatic heterocycles. The van der Waals surface area contributed by atoms with Crippen LogP contribution in [0.1, 0.15) is 24.6 Å². The van der Waals surface area contributed by atoms with Crippen LogP contribution in [0, 0.1) is 0 Å². The van der Waals surface area contributed by atoms with Gasteiger partial charge in [-0.3, -0.25) is 9.80 Å². The first-order valence-corrected chi connectivity index (χ1v) is 16.3. The van der Waals surface area contributed by atoms with Crippen LogP contribution in [0.2, 0.25) is 0 Å². The van der Waals surface area contributed by atoms with Gasteiger partial charge in [0.15, 0.2) is 10.3 Å². The normalized spacial score (nSPS) is 11.8. The van der Waals surface area contributed by atoms with Crippen LogP contribution in [0.4, 0.5) is 27.9 Å². The van der Waals surface area contributed by atoms with E-state index >= 15 is 0 Å². The first-order valence-electron chi connectivity index (χ1n) is 15.1. The summed E-state index contributed by atoms with van der Waals surface area (Å²) in [5, 5.41) is 1.49. The maximum Gasteiger partial charge on any atom is 0.195 e. The van der Waals surface area contributed by atoms with Gasteiger partial charge >= 0.3 is 0 Å². The molecule has 0 aliphatic heterocycles. The summed E-state index contributed by atoms with van der Waals surface area (Å²) in [7, 11) is 0. The predicted molar refractivity (Wildman–Crippen MR) is 197 cm³/mol. The summed E-state index contributed by atoms with van der Waals surface area (Å²) >= 11 is 6.66. The van der Waals surface area contributed by atoms with E-state index in [1.807, 2.05) is 54.6 Å². The molecule has 0 fully saturated rings. The van der Waals surface area contributed by atoms with Crippen molar-refractivity contribution in [3.63, 3.8) is 0 Å². The van der Waals surface area contributed by atoms with Gasteiger partial charge in [0.1, 0.15) is 0 Å². The third kappa shape index (κ3) is 7.26. The van der Waals surface area contributed by atoms with Gasteiger partial charge < -0.3 is 0 Å². The van der Waals surface area contributed by atoms with Gasteiger partial charge in [-0.2, -0.15) is 0 Å². The SMILES string of the molecule is CCC/C(=C\c1sc(N(c2ccccc2)c2ccccc2)nc1-c1ccccc1)N=C(S)N(c1ccccc1)c1ccccc1. The van der Waals surface area contributed by atoms with Crippen molar-refractivity contribution in [2.45, 2.75) is 19.8 Å². The van der Waals surface area contributed by atoms with Gasteiger partial charge in [0, 0.05) is 34.0 Å². The third-order valence-electron chi connectivity index (χ3n) is 7.19. The standard InChI is InChI=1S/C39H34N4S2/c1-2-18-31(40-38(44)42(32-21-10-4-11-22-32)33-23-12-5-13-24-33)29-36-37(30-19-8-3-9-20-30)41-39(45-36)43(34-25-14-6-15-26-34)35-27-16-7-17-28-35/h3-17,19-29H,2,18H2,1H3,(H,40,44)/b31-29+. The fourth-order valence-electron chi connectivity index (χ4n) is 5.12. The van der Waals surface area contributed by atoms with Crippen molar-refractivity contribution >= 4 is 63.1 Å². The van der Waals surface area contributed by atoms with E-state index in [0.717, 1.165) is 62.6 Å². The lowest BCUT2D eigenvalue weighted by molar-refractivity contribution is 0.900. The Balaban J connectivity index is 1.49. The van der Waals surface area contributed by atoms with Crippen molar-refractivity contribution in [3.8, 4) is 11.3 Å². The summed E-state index contributed by atoms with van der Waals surface area (Å²) in [4.78, 5) is 15.8. The summed E-state index contributed by atoms with van der Waals surface area (Å²) in [6.45, 7) is 2.18. The van der Waals surface area contributed by atoms with Gasteiger partial charge in [-0.15, -0.1) is 12.6 Å². The van der Waals surface area contributed by atoms with E-state index in [-0.39, 0.29) is 0 Å². The number of benzene rings is 5. The summed E-state index contributed by atoms with van der Waals surface area (Å²) in [6.07, 6.45) is 3.93. The first kappa shape index (κ1) is 30.1. The number of aliphatic imine (C=N–C) groups is 1. The molecule has 1 heterocycles. The average molecular weight is 623 g/mol. The molecule has 5 aromatic carbocycles. The summed E-state index contributed by atoms with van der Waals surface area (Å²) in [6, 6.07) is 51.7. The lowest BCUT2D eigenvalue weighted by Gasteiger charge is -2.24. The number of anilines is 5. The quantitative estimate of drug-likeness (QED) is 0.0937. The van der Waals surface area contributed by atoms with Gasteiger partial charge in [0.2, 0.25) is 0 Å². The van der Waals surface area contributed by atoms with Crippen molar-refractivity contribution in [1.29, 1.82) is 0 Å². The number of hydrogen-bond acceptors (Lipinski definition) is 4. The molecule has 6 aromatic rings. The molecule has 0 amide bonds. The summed E-state index contributed by atoms with van der Waals surface area (Å²) in [5.41, 5.74) is 7.04. The molecule has 0 bridgehead atoms. The Morgan fingerprint density at radius 1 is 0.667 bits per heavy atom. The number of amidine groups is 1.